The molecule has 0 unspecified atom stereocenters. The maximum absolute atomic E-state index is 12.2. The van der Waals surface area contributed by atoms with Gasteiger partial charge in [0.1, 0.15) is 12.2 Å². The Morgan fingerprint density at radius 3 is 2.45 bits per heavy atom. The molecule has 20 heavy (non-hydrogen) atoms. The minimum Gasteiger partial charge on any atom is -0.388 e. The number of carbonyl (C=O) groups is 1. The van der Waals surface area contributed by atoms with Crippen LogP contribution in [0.5, 0.6) is 0 Å². The monoisotopic (exact) mass is 321 g/mol. The summed E-state index contributed by atoms with van der Waals surface area (Å²) < 4.78 is 11.6. The van der Waals surface area contributed by atoms with Crippen molar-refractivity contribution in [3.05, 3.63) is 0 Å². The maximum Gasteiger partial charge on any atom is 0.254 e. The quantitative estimate of drug-likeness (QED) is 0.841. The molecule has 2 fully saturated rings. The maximum atomic E-state index is 12.2. The van der Waals surface area contributed by atoms with Gasteiger partial charge in [0.25, 0.3) is 5.91 Å². The summed E-state index contributed by atoms with van der Waals surface area (Å²) in [7, 11) is 3.37. The van der Waals surface area contributed by atoms with Crippen LogP contribution < -0.4 is 0 Å². The molecule has 0 saturated carbocycles. The Labute approximate surface area is 128 Å². The first-order valence-electron chi connectivity index (χ1n) is 6.80. The van der Waals surface area contributed by atoms with Crippen molar-refractivity contribution in [1.29, 1.82) is 0 Å². The normalized spacial score (nSPS) is 32.0. The Morgan fingerprint density at radius 2 is 1.90 bits per heavy atom. The van der Waals surface area contributed by atoms with Gasteiger partial charge in [-0.25, -0.2) is 0 Å². The van der Waals surface area contributed by atoms with E-state index in [-0.39, 0.29) is 10.5 Å². The van der Waals surface area contributed by atoms with Gasteiger partial charge in [-0.05, 0) is 31.8 Å². The third kappa shape index (κ3) is 3.62. The highest BCUT2D eigenvalue weighted by Gasteiger charge is 2.50. The van der Waals surface area contributed by atoms with Gasteiger partial charge in [-0.3, -0.25) is 4.79 Å². The van der Waals surface area contributed by atoms with Gasteiger partial charge >= 0.3 is 0 Å². The molecular weight excluding hydrogens is 298 g/mol. The highest BCUT2D eigenvalue weighted by molar-refractivity contribution is 8.17. The van der Waals surface area contributed by atoms with Crippen LogP contribution in [0, 0.1) is 0 Å². The molecule has 0 aliphatic carbocycles. The third-order valence-corrected chi connectivity index (χ3v) is 6.36. The second-order valence-electron chi connectivity index (χ2n) is 5.71. The van der Waals surface area contributed by atoms with E-state index < -0.39 is 24.1 Å². The van der Waals surface area contributed by atoms with E-state index in [1.165, 1.54) is 4.90 Å². The number of amides is 1. The van der Waals surface area contributed by atoms with Crippen LogP contribution >= 0.6 is 23.5 Å². The lowest BCUT2D eigenvalue weighted by Crippen LogP contribution is -2.48. The summed E-state index contributed by atoms with van der Waals surface area (Å²) in [5, 5.41) is 10.6. The number of carbonyl (C=O) groups excluding carboxylic acids is 1. The number of aliphatic hydroxyl groups excluding tert-OH is 1. The van der Waals surface area contributed by atoms with Gasteiger partial charge in [-0.2, -0.15) is 0 Å². The summed E-state index contributed by atoms with van der Waals surface area (Å²) >= 11 is 3.47. The number of ether oxygens (including phenoxy) is 2. The average molecular weight is 321 g/mol. The van der Waals surface area contributed by atoms with Crippen LogP contribution in [0.4, 0.5) is 0 Å². The SMILES string of the molecule is CN(C)C(=O)[C@H]1OC(C)(C)O[C@@H]1[C@H](O)C1SCCCS1. The minimum atomic E-state index is -0.841. The van der Waals surface area contributed by atoms with Crippen LogP contribution in [0.15, 0.2) is 0 Å². The van der Waals surface area contributed by atoms with Gasteiger partial charge in [0, 0.05) is 14.1 Å². The second kappa shape index (κ2) is 6.44. The molecule has 3 atom stereocenters. The van der Waals surface area contributed by atoms with Gasteiger partial charge < -0.3 is 19.5 Å². The summed E-state index contributed by atoms with van der Waals surface area (Å²) in [5.41, 5.74) is 0. The lowest BCUT2D eigenvalue weighted by Gasteiger charge is -2.31. The van der Waals surface area contributed by atoms with Crippen LogP contribution in [-0.2, 0) is 14.3 Å². The first kappa shape index (κ1) is 16.4. The summed E-state index contributed by atoms with van der Waals surface area (Å²) in [6.07, 6.45) is -0.895. The molecule has 5 nitrogen and oxygen atoms in total. The summed E-state index contributed by atoms with van der Waals surface area (Å²) in [4.78, 5) is 13.7. The fourth-order valence-electron chi connectivity index (χ4n) is 2.34. The highest BCUT2D eigenvalue weighted by atomic mass is 32.2. The van der Waals surface area contributed by atoms with Crippen molar-refractivity contribution in [1.82, 2.24) is 4.90 Å². The van der Waals surface area contributed by atoms with E-state index in [0.717, 1.165) is 17.9 Å². The van der Waals surface area contributed by atoms with Gasteiger partial charge in [0.2, 0.25) is 0 Å². The molecule has 2 saturated heterocycles. The molecule has 2 rings (SSSR count). The highest BCUT2D eigenvalue weighted by Crippen LogP contribution is 2.39. The summed E-state index contributed by atoms with van der Waals surface area (Å²) in [6.45, 7) is 3.55. The first-order chi connectivity index (χ1) is 9.32. The van der Waals surface area contributed by atoms with Gasteiger partial charge in [0.05, 0.1) is 4.58 Å². The van der Waals surface area contributed by atoms with Crippen LogP contribution in [-0.4, -0.2) is 70.2 Å². The van der Waals surface area contributed by atoms with E-state index >= 15 is 0 Å². The summed E-state index contributed by atoms with van der Waals surface area (Å²) in [6, 6.07) is 0. The number of nitrogens with zero attached hydrogens (tertiary/aromatic N) is 1. The third-order valence-electron chi connectivity index (χ3n) is 3.28. The topological polar surface area (TPSA) is 59.0 Å². The fraction of sp³-hybridized carbons (Fsp3) is 0.923. The lowest BCUT2D eigenvalue weighted by atomic mass is 10.1. The number of likely N-dealkylation sites (N-methyl/N-ethyl adjacent to an activating group) is 1. The van der Waals surface area contributed by atoms with Crippen LogP contribution in [0.1, 0.15) is 20.3 Å². The van der Waals surface area contributed by atoms with Gasteiger partial charge in [-0.15, -0.1) is 23.5 Å². The molecule has 2 aliphatic heterocycles. The number of hydrogen-bond acceptors (Lipinski definition) is 6. The first-order valence-corrected chi connectivity index (χ1v) is 8.89. The molecule has 2 heterocycles. The molecule has 2 aliphatic rings. The molecular formula is C13H23NO4S2. The van der Waals surface area contributed by atoms with E-state index in [1.54, 1.807) is 51.5 Å². The van der Waals surface area contributed by atoms with Crippen LogP contribution in [0.3, 0.4) is 0 Å². The molecule has 0 aromatic rings. The average Bonchev–Trinajstić information content (AvgIpc) is 2.74. The summed E-state index contributed by atoms with van der Waals surface area (Å²) in [5.74, 6) is 1.08. The predicted molar refractivity (Wildman–Crippen MR) is 81.8 cm³/mol. The Morgan fingerprint density at radius 1 is 1.30 bits per heavy atom. The Hall–Kier alpha value is 0.0500. The number of thioether (sulfide) groups is 2. The Bertz CT molecular complexity index is 358. The van der Waals surface area contributed by atoms with Crippen molar-refractivity contribution in [2.75, 3.05) is 25.6 Å². The molecule has 7 heteroatoms. The molecule has 116 valence electrons. The Balaban J connectivity index is 2.11. The molecule has 0 aromatic heterocycles. The van der Waals surface area contributed by atoms with Gasteiger partial charge in [0.15, 0.2) is 11.9 Å². The zero-order chi connectivity index (χ0) is 14.9. The zero-order valence-corrected chi connectivity index (χ0v) is 14.0. The molecule has 0 radical (unpaired) electrons. The molecule has 1 N–H and O–H groups in total. The molecule has 0 spiro atoms. The largest absolute Gasteiger partial charge is 0.388 e. The van der Waals surface area contributed by atoms with E-state index in [1.807, 2.05) is 0 Å². The van der Waals surface area contributed by atoms with Crippen molar-refractivity contribution in [2.24, 2.45) is 0 Å². The molecule has 0 aromatic carbocycles. The lowest BCUT2D eigenvalue weighted by molar-refractivity contribution is -0.162. The van der Waals surface area contributed by atoms with Crippen molar-refractivity contribution < 1.29 is 19.4 Å². The van der Waals surface area contributed by atoms with E-state index in [0.29, 0.717) is 0 Å². The van der Waals surface area contributed by atoms with Crippen molar-refractivity contribution in [2.45, 2.75) is 48.9 Å². The number of aliphatic hydroxyl groups is 1. The standard InChI is InChI=1S/C13H23NO4S2/c1-13(2)17-9(10(18-13)11(16)14(3)4)8(15)12-19-6-5-7-20-12/h8-10,12,15H,5-7H2,1-4H3/t8-,9+,10-/m0/s1. The fourth-order valence-corrected chi connectivity index (χ4v) is 5.28. The van der Waals surface area contributed by atoms with Crippen molar-refractivity contribution in [3.8, 4) is 0 Å². The minimum absolute atomic E-state index is 0.0451. The van der Waals surface area contributed by atoms with E-state index in [4.69, 9.17) is 9.47 Å². The molecule has 0 bridgehead atoms. The van der Waals surface area contributed by atoms with Crippen molar-refractivity contribution in [3.63, 3.8) is 0 Å². The predicted octanol–water partition coefficient (Wildman–Crippen LogP) is 1.15. The van der Waals surface area contributed by atoms with Crippen LogP contribution in [0.2, 0.25) is 0 Å². The smallest absolute Gasteiger partial charge is 0.254 e. The zero-order valence-electron chi connectivity index (χ0n) is 12.4. The van der Waals surface area contributed by atoms with E-state index in [2.05, 4.69) is 0 Å². The number of rotatable bonds is 3. The van der Waals surface area contributed by atoms with Crippen molar-refractivity contribution >= 4 is 29.4 Å². The second-order valence-corrected chi connectivity index (χ2v) is 8.50. The number of hydrogen-bond donors (Lipinski definition) is 1. The van der Waals surface area contributed by atoms with Gasteiger partial charge in [-0.1, -0.05) is 0 Å². The molecule has 1 amide bonds. The Kier molecular flexibility index (Phi) is 5.29. The van der Waals surface area contributed by atoms with Crippen LogP contribution in [0.25, 0.3) is 0 Å². The van der Waals surface area contributed by atoms with E-state index in [9.17, 15) is 9.90 Å².